The number of hydrogen-bond donors (Lipinski definition) is 0. The molecule has 2 saturated heterocycles. The zero-order valence-electron chi connectivity index (χ0n) is 13.3. The van der Waals surface area contributed by atoms with Crippen LogP contribution in [0.3, 0.4) is 0 Å². The fraction of sp³-hybridized carbons (Fsp3) is 0.733. The second-order valence-corrected chi connectivity index (χ2v) is 6.21. The highest BCUT2D eigenvalue weighted by molar-refractivity contribution is 5.78. The van der Waals surface area contributed by atoms with E-state index in [1.54, 1.807) is 12.0 Å². The van der Waals surface area contributed by atoms with E-state index >= 15 is 0 Å². The van der Waals surface area contributed by atoms with Crippen LogP contribution >= 0.6 is 0 Å². The molecule has 7 nitrogen and oxygen atoms in total. The molecular weight excluding hydrogens is 284 g/mol. The van der Waals surface area contributed by atoms with E-state index in [1.165, 1.54) is 0 Å². The lowest BCUT2D eigenvalue weighted by molar-refractivity contribution is -0.159. The third-order valence-electron chi connectivity index (χ3n) is 4.55. The highest BCUT2D eigenvalue weighted by atomic mass is 16.5. The number of aromatic nitrogens is 2. The number of hydrogen-bond acceptors (Lipinski definition) is 5. The minimum atomic E-state index is -0.202. The highest BCUT2D eigenvalue weighted by Gasteiger charge is 2.44. The average molecular weight is 308 g/mol. The van der Waals surface area contributed by atoms with Crippen LogP contribution in [-0.4, -0.2) is 77.9 Å². The molecule has 0 bridgehead atoms. The van der Waals surface area contributed by atoms with Crippen LogP contribution in [0, 0.1) is 0 Å². The molecule has 1 aromatic heterocycles. The summed E-state index contributed by atoms with van der Waals surface area (Å²) < 4.78 is 13.1. The van der Waals surface area contributed by atoms with Gasteiger partial charge in [-0.1, -0.05) is 0 Å². The van der Waals surface area contributed by atoms with Gasteiger partial charge in [0.15, 0.2) is 0 Å². The van der Waals surface area contributed by atoms with Crippen molar-refractivity contribution in [3.05, 3.63) is 18.2 Å². The lowest BCUT2D eigenvalue weighted by Gasteiger charge is -2.38. The van der Waals surface area contributed by atoms with Gasteiger partial charge in [0.1, 0.15) is 18.0 Å². The lowest BCUT2D eigenvalue weighted by atomic mass is 10.0. The standard InChI is InChI=1S/C15H24N4O3/c1-17-11-15(22-10-14(17)20)3-5-18(12-15)9-13-16-4-6-19(13)7-8-21-2/h4,6H,3,5,7-12H2,1-2H3. The maximum Gasteiger partial charge on any atom is 0.248 e. The Balaban J connectivity index is 1.59. The van der Waals surface area contributed by atoms with Crippen molar-refractivity contribution in [3.63, 3.8) is 0 Å². The molecule has 2 fully saturated rings. The zero-order chi connectivity index (χ0) is 15.6. The molecule has 2 aliphatic heterocycles. The normalized spacial score (nSPS) is 26.3. The number of carbonyl (C=O) groups is 1. The summed E-state index contributed by atoms with van der Waals surface area (Å²) in [6.07, 6.45) is 4.79. The number of methoxy groups -OCH3 is 1. The number of ether oxygens (including phenoxy) is 2. The first-order valence-electron chi connectivity index (χ1n) is 7.71. The molecule has 0 aliphatic carbocycles. The summed E-state index contributed by atoms with van der Waals surface area (Å²) in [4.78, 5) is 20.2. The van der Waals surface area contributed by atoms with E-state index in [2.05, 4.69) is 14.5 Å². The average Bonchev–Trinajstić information content (AvgIpc) is 3.10. The first-order chi connectivity index (χ1) is 10.6. The van der Waals surface area contributed by atoms with Gasteiger partial charge in [0, 0.05) is 46.2 Å². The van der Waals surface area contributed by atoms with Crippen molar-refractivity contribution in [2.75, 3.05) is 47.0 Å². The van der Waals surface area contributed by atoms with Gasteiger partial charge in [-0.05, 0) is 6.42 Å². The fourth-order valence-electron chi connectivity index (χ4n) is 3.29. The summed E-state index contributed by atoms with van der Waals surface area (Å²) in [5, 5.41) is 0. The third kappa shape index (κ3) is 3.16. The Morgan fingerprint density at radius 1 is 1.45 bits per heavy atom. The maximum absolute atomic E-state index is 11.6. The number of likely N-dealkylation sites (tertiary alicyclic amines) is 1. The molecule has 0 radical (unpaired) electrons. The molecule has 1 aromatic rings. The van der Waals surface area contributed by atoms with Crippen LogP contribution in [0.2, 0.25) is 0 Å². The molecule has 1 atom stereocenters. The quantitative estimate of drug-likeness (QED) is 0.764. The topological polar surface area (TPSA) is 59.8 Å². The van der Waals surface area contributed by atoms with E-state index in [9.17, 15) is 4.79 Å². The Hall–Kier alpha value is -1.44. The van der Waals surface area contributed by atoms with Gasteiger partial charge in [0.25, 0.3) is 0 Å². The summed E-state index contributed by atoms with van der Waals surface area (Å²) in [5.41, 5.74) is -0.202. The van der Waals surface area contributed by atoms with Crippen LogP contribution in [0.15, 0.2) is 12.4 Å². The molecule has 0 aromatic carbocycles. The summed E-state index contributed by atoms with van der Waals surface area (Å²) >= 11 is 0. The molecule has 1 amide bonds. The van der Waals surface area contributed by atoms with Gasteiger partial charge < -0.3 is 18.9 Å². The van der Waals surface area contributed by atoms with E-state index in [-0.39, 0.29) is 18.1 Å². The van der Waals surface area contributed by atoms with Crippen molar-refractivity contribution >= 4 is 5.91 Å². The molecule has 0 saturated carbocycles. The van der Waals surface area contributed by atoms with Crippen LogP contribution < -0.4 is 0 Å². The molecule has 1 spiro atoms. The zero-order valence-corrected chi connectivity index (χ0v) is 13.3. The van der Waals surface area contributed by atoms with Gasteiger partial charge in [-0.25, -0.2) is 4.98 Å². The fourth-order valence-corrected chi connectivity index (χ4v) is 3.29. The predicted molar refractivity (Wildman–Crippen MR) is 80.3 cm³/mol. The molecule has 3 rings (SSSR count). The largest absolute Gasteiger partial charge is 0.383 e. The Morgan fingerprint density at radius 3 is 3.09 bits per heavy atom. The van der Waals surface area contributed by atoms with E-state index in [1.807, 2.05) is 19.4 Å². The highest BCUT2D eigenvalue weighted by Crippen LogP contribution is 2.29. The molecule has 0 N–H and O–H groups in total. The van der Waals surface area contributed by atoms with Crippen LogP contribution in [-0.2, 0) is 27.4 Å². The van der Waals surface area contributed by atoms with Crippen molar-refractivity contribution in [2.45, 2.75) is 25.1 Å². The first-order valence-corrected chi connectivity index (χ1v) is 7.71. The number of nitrogens with zero attached hydrogens (tertiary/aromatic N) is 4. The number of likely N-dealkylation sites (N-methyl/N-ethyl adjacent to an activating group) is 1. The minimum absolute atomic E-state index is 0.0687. The van der Waals surface area contributed by atoms with Gasteiger partial charge in [0.2, 0.25) is 5.91 Å². The van der Waals surface area contributed by atoms with Gasteiger partial charge in [-0.2, -0.15) is 0 Å². The minimum Gasteiger partial charge on any atom is -0.383 e. The second kappa shape index (κ2) is 6.36. The van der Waals surface area contributed by atoms with Gasteiger partial charge >= 0.3 is 0 Å². The Labute approximate surface area is 130 Å². The molecule has 1 unspecified atom stereocenters. The number of carbonyl (C=O) groups excluding carboxylic acids is 1. The van der Waals surface area contributed by atoms with Gasteiger partial charge in [-0.15, -0.1) is 0 Å². The SMILES string of the molecule is COCCn1ccnc1CN1CCC2(C1)CN(C)C(=O)CO2. The van der Waals surface area contributed by atoms with E-state index in [0.717, 1.165) is 38.4 Å². The number of imidazole rings is 1. The molecular formula is C15H24N4O3. The smallest absolute Gasteiger partial charge is 0.248 e. The van der Waals surface area contributed by atoms with Crippen molar-refractivity contribution in [1.29, 1.82) is 0 Å². The molecule has 22 heavy (non-hydrogen) atoms. The summed E-state index contributed by atoms with van der Waals surface area (Å²) in [6.45, 7) is 5.01. The van der Waals surface area contributed by atoms with Crippen molar-refractivity contribution in [3.8, 4) is 0 Å². The number of rotatable bonds is 5. The van der Waals surface area contributed by atoms with Crippen LogP contribution in [0.4, 0.5) is 0 Å². The Bertz CT molecular complexity index is 533. The Morgan fingerprint density at radius 2 is 2.32 bits per heavy atom. The summed E-state index contributed by atoms with van der Waals surface area (Å²) in [5.74, 6) is 1.12. The molecule has 7 heteroatoms. The summed E-state index contributed by atoms with van der Waals surface area (Å²) in [6, 6.07) is 0. The van der Waals surface area contributed by atoms with E-state index in [4.69, 9.17) is 9.47 Å². The summed E-state index contributed by atoms with van der Waals surface area (Å²) in [7, 11) is 3.56. The van der Waals surface area contributed by atoms with Crippen molar-refractivity contribution in [2.24, 2.45) is 0 Å². The molecule has 122 valence electrons. The molecule has 2 aliphatic rings. The first kappa shape index (κ1) is 15.5. The second-order valence-electron chi connectivity index (χ2n) is 6.21. The van der Waals surface area contributed by atoms with Crippen LogP contribution in [0.25, 0.3) is 0 Å². The van der Waals surface area contributed by atoms with Gasteiger partial charge in [-0.3, -0.25) is 9.69 Å². The van der Waals surface area contributed by atoms with E-state index in [0.29, 0.717) is 13.2 Å². The number of morpholine rings is 1. The maximum atomic E-state index is 11.6. The van der Waals surface area contributed by atoms with E-state index < -0.39 is 0 Å². The van der Waals surface area contributed by atoms with Crippen LogP contribution in [0.5, 0.6) is 0 Å². The Kier molecular flexibility index (Phi) is 4.46. The van der Waals surface area contributed by atoms with Crippen molar-refractivity contribution in [1.82, 2.24) is 19.4 Å². The predicted octanol–water partition coefficient (Wildman–Crippen LogP) is -0.0374. The van der Waals surface area contributed by atoms with Crippen molar-refractivity contribution < 1.29 is 14.3 Å². The van der Waals surface area contributed by atoms with Crippen LogP contribution in [0.1, 0.15) is 12.2 Å². The monoisotopic (exact) mass is 308 g/mol. The number of amides is 1. The third-order valence-corrected chi connectivity index (χ3v) is 4.55. The molecule has 3 heterocycles. The lowest BCUT2D eigenvalue weighted by Crippen LogP contribution is -2.54. The van der Waals surface area contributed by atoms with Gasteiger partial charge in [0.05, 0.1) is 19.7 Å².